The van der Waals surface area contributed by atoms with E-state index in [0.717, 1.165) is 0 Å². The Hall–Kier alpha value is -1.72. The Morgan fingerprint density at radius 2 is 1.78 bits per heavy atom. The van der Waals surface area contributed by atoms with Crippen LogP contribution in [0.4, 0.5) is 0 Å². The average molecular weight is 250 g/mol. The van der Waals surface area contributed by atoms with Crippen LogP contribution in [0.5, 0.6) is 0 Å². The van der Waals surface area contributed by atoms with Crippen LogP contribution in [0.15, 0.2) is 15.3 Å². The molecular formula is C12H18N4O2. The van der Waals surface area contributed by atoms with Crippen LogP contribution in [0.1, 0.15) is 52.3 Å². The monoisotopic (exact) mass is 250 g/mol. The van der Waals surface area contributed by atoms with E-state index in [4.69, 9.17) is 8.94 Å². The van der Waals surface area contributed by atoms with Gasteiger partial charge in [-0.3, -0.25) is 0 Å². The fourth-order valence-corrected chi connectivity index (χ4v) is 1.55. The SMILES string of the molecule is CC(C)(C)c1nnc(CC(C)(C)c2ncno2)o1. The molecule has 0 saturated heterocycles. The summed E-state index contributed by atoms with van der Waals surface area (Å²) < 4.78 is 10.8. The molecule has 2 rings (SSSR count). The van der Waals surface area contributed by atoms with E-state index in [-0.39, 0.29) is 10.8 Å². The third-order valence-electron chi connectivity index (χ3n) is 2.64. The molecule has 0 aliphatic heterocycles. The molecule has 0 unspecified atom stereocenters. The first-order valence-electron chi connectivity index (χ1n) is 5.89. The maximum atomic E-state index is 5.67. The van der Waals surface area contributed by atoms with E-state index in [2.05, 4.69) is 20.3 Å². The van der Waals surface area contributed by atoms with Crippen LogP contribution in [0.2, 0.25) is 0 Å². The molecule has 0 aromatic carbocycles. The molecule has 2 aromatic rings. The fraction of sp³-hybridized carbons (Fsp3) is 0.667. The molecule has 6 heteroatoms. The van der Waals surface area contributed by atoms with Crippen LogP contribution in [0.3, 0.4) is 0 Å². The molecule has 0 bridgehead atoms. The summed E-state index contributed by atoms with van der Waals surface area (Å²) in [5, 5.41) is 11.8. The number of hydrogen-bond donors (Lipinski definition) is 0. The first-order valence-corrected chi connectivity index (χ1v) is 5.89. The van der Waals surface area contributed by atoms with Crippen molar-refractivity contribution in [2.75, 3.05) is 0 Å². The normalized spacial score (nSPS) is 12.9. The van der Waals surface area contributed by atoms with Crippen molar-refractivity contribution in [1.29, 1.82) is 0 Å². The van der Waals surface area contributed by atoms with Gasteiger partial charge in [0.25, 0.3) is 0 Å². The average Bonchev–Trinajstić information content (AvgIpc) is 2.83. The van der Waals surface area contributed by atoms with Gasteiger partial charge in [0.05, 0.1) is 5.41 Å². The lowest BCUT2D eigenvalue weighted by molar-refractivity contribution is 0.284. The highest BCUT2D eigenvalue weighted by Gasteiger charge is 2.30. The molecule has 0 saturated carbocycles. The highest BCUT2D eigenvalue weighted by atomic mass is 16.5. The Morgan fingerprint density at radius 1 is 1.06 bits per heavy atom. The van der Waals surface area contributed by atoms with Gasteiger partial charge >= 0.3 is 0 Å². The maximum absolute atomic E-state index is 5.67. The van der Waals surface area contributed by atoms with Crippen LogP contribution in [-0.2, 0) is 17.3 Å². The first-order chi connectivity index (χ1) is 8.29. The predicted molar refractivity (Wildman–Crippen MR) is 64.0 cm³/mol. The zero-order valence-corrected chi connectivity index (χ0v) is 11.4. The highest BCUT2D eigenvalue weighted by molar-refractivity contribution is 5.04. The van der Waals surface area contributed by atoms with Crippen LogP contribution < -0.4 is 0 Å². The molecule has 0 aliphatic carbocycles. The van der Waals surface area contributed by atoms with E-state index in [0.29, 0.717) is 24.1 Å². The number of rotatable bonds is 3. The molecule has 0 aliphatic rings. The summed E-state index contributed by atoms with van der Waals surface area (Å²) in [5.74, 6) is 1.79. The van der Waals surface area contributed by atoms with Crippen molar-refractivity contribution in [3.63, 3.8) is 0 Å². The van der Waals surface area contributed by atoms with Crippen molar-refractivity contribution in [3.8, 4) is 0 Å². The second-order valence-corrected chi connectivity index (χ2v) is 6.06. The lowest BCUT2D eigenvalue weighted by Gasteiger charge is -2.17. The summed E-state index contributed by atoms with van der Waals surface area (Å²) >= 11 is 0. The van der Waals surface area contributed by atoms with Gasteiger partial charge in [0, 0.05) is 11.8 Å². The summed E-state index contributed by atoms with van der Waals surface area (Å²) in [5.41, 5.74) is -0.460. The first kappa shape index (κ1) is 12.7. The van der Waals surface area contributed by atoms with Gasteiger partial charge in [0.2, 0.25) is 17.7 Å². The van der Waals surface area contributed by atoms with E-state index in [1.165, 1.54) is 6.33 Å². The van der Waals surface area contributed by atoms with Gasteiger partial charge in [-0.2, -0.15) is 4.98 Å². The Balaban J connectivity index is 2.17. The summed E-state index contributed by atoms with van der Waals surface area (Å²) in [6, 6.07) is 0. The molecule has 0 N–H and O–H groups in total. The summed E-state index contributed by atoms with van der Waals surface area (Å²) in [4.78, 5) is 4.07. The molecule has 0 spiro atoms. The molecule has 0 fully saturated rings. The number of aromatic nitrogens is 4. The van der Waals surface area contributed by atoms with Crippen molar-refractivity contribution >= 4 is 0 Å². The largest absolute Gasteiger partial charge is 0.425 e. The zero-order valence-electron chi connectivity index (χ0n) is 11.4. The standard InChI is InChI=1S/C12H18N4O2/c1-11(2,3)9-16-15-8(17-9)6-12(4,5)10-13-7-14-18-10/h7H,6H2,1-5H3. The number of hydrogen-bond acceptors (Lipinski definition) is 6. The molecule has 6 nitrogen and oxygen atoms in total. The minimum Gasteiger partial charge on any atom is -0.425 e. The van der Waals surface area contributed by atoms with Gasteiger partial charge in [0.1, 0.15) is 0 Å². The van der Waals surface area contributed by atoms with Crippen LogP contribution in [0, 0.1) is 0 Å². The molecule has 0 amide bonds. The molecular weight excluding hydrogens is 232 g/mol. The molecule has 98 valence electrons. The quantitative estimate of drug-likeness (QED) is 0.831. The maximum Gasteiger partial charge on any atom is 0.232 e. The van der Waals surface area contributed by atoms with E-state index in [1.54, 1.807) is 0 Å². The fourth-order valence-electron chi connectivity index (χ4n) is 1.55. The Kier molecular flexibility index (Phi) is 2.96. The minimum absolute atomic E-state index is 0.139. The molecule has 2 heterocycles. The Bertz CT molecular complexity index is 508. The predicted octanol–water partition coefficient (Wildman–Crippen LogP) is 2.27. The smallest absolute Gasteiger partial charge is 0.232 e. The van der Waals surface area contributed by atoms with E-state index in [9.17, 15) is 0 Å². The van der Waals surface area contributed by atoms with E-state index in [1.807, 2.05) is 34.6 Å². The topological polar surface area (TPSA) is 77.8 Å². The lowest BCUT2D eigenvalue weighted by atomic mass is 9.89. The van der Waals surface area contributed by atoms with Crippen molar-refractivity contribution in [2.24, 2.45) is 0 Å². The lowest BCUT2D eigenvalue weighted by Crippen LogP contribution is -2.21. The van der Waals surface area contributed by atoms with Crippen molar-refractivity contribution < 1.29 is 8.94 Å². The summed E-state index contributed by atoms with van der Waals surface area (Å²) in [7, 11) is 0. The second kappa shape index (κ2) is 4.19. The van der Waals surface area contributed by atoms with Crippen molar-refractivity contribution in [3.05, 3.63) is 24.0 Å². The second-order valence-electron chi connectivity index (χ2n) is 6.06. The van der Waals surface area contributed by atoms with Gasteiger partial charge < -0.3 is 8.94 Å². The van der Waals surface area contributed by atoms with Gasteiger partial charge in [-0.15, -0.1) is 10.2 Å². The minimum atomic E-state index is -0.321. The summed E-state index contributed by atoms with van der Waals surface area (Å²) in [6.07, 6.45) is 1.96. The van der Waals surface area contributed by atoms with Crippen LogP contribution >= 0.6 is 0 Å². The molecule has 0 radical (unpaired) electrons. The Morgan fingerprint density at radius 3 is 2.28 bits per heavy atom. The molecule has 0 atom stereocenters. The van der Waals surface area contributed by atoms with Crippen LogP contribution in [0.25, 0.3) is 0 Å². The highest BCUT2D eigenvalue weighted by Crippen LogP contribution is 2.27. The summed E-state index contributed by atoms with van der Waals surface area (Å²) in [6.45, 7) is 10.1. The van der Waals surface area contributed by atoms with E-state index < -0.39 is 0 Å². The van der Waals surface area contributed by atoms with E-state index >= 15 is 0 Å². The van der Waals surface area contributed by atoms with Gasteiger partial charge in [-0.25, -0.2) is 0 Å². The number of nitrogens with zero attached hydrogens (tertiary/aromatic N) is 4. The Labute approximate surface area is 106 Å². The van der Waals surface area contributed by atoms with Crippen molar-refractivity contribution in [2.45, 2.75) is 51.9 Å². The molecule has 18 heavy (non-hydrogen) atoms. The zero-order chi connectivity index (χ0) is 13.4. The third kappa shape index (κ3) is 2.57. The van der Waals surface area contributed by atoms with Crippen molar-refractivity contribution in [1.82, 2.24) is 20.3 Å². The molecule has 2 aromatic heterocycles. The van der Waals surface area contributed by atoms with Crippen LogP contribution in [-0.4, -0.2) is 20.3 Å². The van der Waals surface area contributed by atoms with Gasteiger partial charge in [-0.1, -0.05) is 39.8 Å². The van der Waals surface area contributed by atoms with Gasteiger partial charge in [-0.05, 0) is 0 Å². The third-order valence-corrected chi connectivity index (χ3v) is 2.64. The van der Waals surface area contributed by atoms with Gasteiger partial charge in [0.15, 0.2) is 6.33 Å².